The average molecular weight is 177 g/mol. The van der Waals surface area contributed by atoms with E-state index in [1.807, 2.05) is 4.57 Å². The highest BCUT2D eigenvalue weighted by Crippen LogP contribution is 2.09. The highest BCUT2D eigenvalue weighted by atomic mass is 15.1. The van der Waals surface area contributed by atoms with Crippen LogP contribution in [0.4, 0.5) is 5.95 Å². The van der Waals surface area contributed by atoms with Gasteiger partial charge in [-0.25, -0.2) is 9.97 Å². The molecule has 0 aliphatic heterocycles. The SMILES string of the molecule is CCCn1cnc2cnc(N)nc21. The Bertz CT molecular complexity index is 419. The van der Waals surface area contributed by atoms with Gasteiger partial charge in [-0.2, -0.15) is 4.98 Å². The zero-order valence-electron chi connectivity index (χ0n) is 7.44. The fourth-order valence-electron chi connectivity index (χ4n) is 1.27. The van der Waals surface area contributed by atoms with E-state index in [0.717, 1.165) is 24.1 Å². The van der Waals surface area contributed by atoms with Gasteiger partial charge in [-0.05, 0) is 6.42 Å². The predicted octanol–water partition coefficient (Wildman–Crippen LogP) is 0.819. The smallest absolute Gasteiger partial charge is 0.222 e. The molecule has 2 aromatic rings. The first-order valence-electron chi connectivity index (χ1n) is 4.24. The van der Waals surface area contributed by atoms with Gasteiger partial charge in [0.15, 0.2) is 5.65 Å². The number of aryl methyl sites for hydroxylation is 1. The second-order valence-electron chi connectivity index (χ2n) is 2.88. The molecule has 0 radical (unpaired) electrons. The maximum atomic E-state index is 5.48. The number of hydrogen-bond donors (Lipinski definition) is 1. The summed E-state index contributed by atoms with van der Waals surface area (Å²) in [4.78, 5) is 12.2. The number of nitrogen functional groups attached to an aromatic ring is 1. The number of anilines is 1. The van der Waals surface area contributed by atoms with Gasteiger partial charge in [-0.1, -0.05) is 6.92 Å². The van der Waals surface area contributed by atoms with Crippen molar-refractivity contribution >= 4 is 17.1 Å². The topological polar surface area (TPSA) is 69.6 Å². The highest BCUT2D eigenvalue weighted by molar-refractivity contribution is 5.70. The number of imidazole rings is 1. The maximum Gasteiger partial charge on any atom is 0.222 e. The van der Waals surface area contributed by atoms with Crippen molar-refractivity contribution in [3.05, 3.63) is 12.5 Å². The van der Waals surface area contributed by atoms with E-state index < -0.39 is 0 Å². The second-order valence-corrected chi connectivity index (χ2v) is 2.88. The number of aromatic nitrogens is 4. The van der Waals surface area contributed by atoms with Crippen molar-refractivity contribution in [2.75, 3.05) is 5.73 Å². The van der Waals surface area contributed by atoms with E-state index in [1.54, 1.807) is 12.5 Å². The van der Waals surface area contributed by atoms with E-state index in [4.69, 9.17) is 5.73 Å². The first-order valence-corrected chi connectivity index (χ1v) is 4.24. The summed E-state index contributed by atoms with van der Waals surface area (Å²) in [5.41, 5.74) is 7.09. The van der Waals surface area contributed by atoms with Gasteiger partial charge >= 0.3 is 0 Å². The Kier molecular flexibility index (Phi) is 1.84. The monoisotopic (exact) mass is 177 g/mol. The average Bonchev–Trinajstić information content (AvgIpc) is 2.49. The zero-order valence-corrected chi connectivity index (χ0v) is 7.44. The van der Waals surface area contributed by atoms with Crippen LogP contribution in [0.5, 0.6) is 0 Å². The Morgan fingerprint density at radius 2 is 2.31 bits per heavy atom. The Morgan fingerprint density at radius 1 is 1.46 bits per heavy atom. The third-order valence-electron chi connectivity index (χ3n) is 1.84. The maximum absolute atomic E-state index is 5.48. The van der Waals surface area contributed by atoms with E-state index in [2.05, 4.69) is 21.9 Å². The molecule has 0 bridgehead atoms. The van der Waals surface area contributed by atoms with E-state index in [1.165, 1.54) is 0 Å². The van der Waals surface area contributed by atoms with Gasteiger partial charge in [0.1, 0.15) is 5.52 Å². The molecule has 0 atom stereocenters. The molecule has 0 aliphatic carbocycles. The molecular weight excluding hydrogens is 166 g/mol. The molecule has 0 spiro atoms. The summed E-state index contributed by atoms with van der Waals surface area (Å²) < 4.78 is 1.98. The zero-order chi connectivity index (χ0) is 9.26. The van der Waals surface area contributed by atoms with E-state index >= 15 is 0 Å². The van der Waals surface area contributed by atoms with Gasteiger partial charge in [0.25, 0.3) is 0 Å². The van der Waals surface area contributed by atoms with E-state index in [-0.39, 0.29) is 0 Å². The van der Waals surface area contributed by atoms with Crippen LogP contribution >= 0.6 is 0 Å². The molecule has 0 aromatic carbocycles. The molecule has 0 aliphatic rings. The van der Waals surface area contributed by atoms with Crippen molar-refractivity contribution in [1.29, 1.82) is 0 Å². The van der Waals surface area contributed by atoms with Crippen molar-refractivity contribution < 1.29 is 0 Å². The summed E-state index contributed by atoms with van der Waals surface area (Å²) in [5, 5.41) is 0. The number of hydrogen-bond acceptors (Lipinski definition) is 4. The molecule has 68 valence electrons. The van der Waals surface area contributed by atoms with Gasteiger partial charge in [0, 0.05) is 6.54 Å². The minimum Gasteiger partial charge on any atom is -0.368 e. The minimum atomic E-state index is 0.297. The molecule has 0 saturated heterocycles. The number of fused-ring (bicyclic) bond motifs is 1. The summed E-state index contributed by atoms with van der Waals surface area (Å²) in [6, 6.07) is 0. The molecule has 2 heterocycles. The van der Waals surface area contributed by atoms with Crippen LogP contribution in [0.2, 0.25) is 0 Å². The third kappa shape index (κ3) is 1.32. The van der Waals surface area contributed by atoms with Crippen LogP contribution in [0.3, 0.4) is 0 Å². The normalized spacial score (nSPS) is 10.8. The molecule has 5 nitrogen and oxygen atoms in total. The standard InChI is InChI=1S/C8H11N5/c1-2-3-13-5-11-6-4-10-8(9)12-7(6)13/h4-5H,2-3H2,1H3,(H2,9,10,12). The summed E-state index contributed by atoms with van der Waals surface area (Å²) in [6.45, 7) is 3.02. The molecule has 2 N–H and O–H groups in total. The third-order valence-corrected chi connectivity index (χ3v) is 1.84. The van der Waals surface area contributed by atoms with Crippen molar-refractivity contribution in [3.63, 3.8) is 0 Å². The number of rotatable bonds is 2. The van der Waals surface area contributed by atoms with Crippen molar-refractivity contribution in [3.8, 4) is 0 Å². The molecule has 0 unspecified atom stereocenters. The lowest BCUT2D eigenvalue weighted by Crippen LogP contribution is -1.99. The van der Waals surface area contributed by atoms with Gasteiger partial charge in [0.05, 0.1) is 12.5 Å². The quantitative estimate of drug-likeness (QED) is 0.737. The molecule has 0 amide bonds. The first kappa shape index (κ1) is 7.97. The van der Waals surface area contributed by atoms with Crippen LogP contribution in [0.25, 0.3) is 11.2 Å². The summed E-state index contributed by atoms with van der Waals surface area (Å²) in [5.74, 6) is 0.297. The number of nitrogens with two attached hydrogens (primary N) is 1. The molecule has 0 fully saturated rings. The van der Waals surface area contributed by atoms with Gasteiger partial charge in [-0.15, -0.1) is 0 Å². The molecule has 2 rings (SSSR count). The molecule has 13 heavy (non-hydrogen) atoms. The Hall–Kier alpha value is -1.65. The molecular formula is C8H11N5. The minimum absolute atomic E-state index is 0.297. The second kappa shape index (κ2) is 3.01. The lowest BCUT2D eigenvalue weighted by atomic mass is 10.4. The lowest BCUT2D eigenvalue weighted by molar-refractivity contribution is 0.691. The lowest BCUT2D eigenvalue weighted by Gasteiger charge is -1.99. The first-order chi connectivity index (χ1) is 6.31. The predicted molar refractivity (Wildman–Crippen MR) is 50.0 cm³/mol. The Morgan fingerprint density at radius 3 is 3.08 bits per heavy atom. The van der Waals surface area contributed by atoms with Crippen molar-refractivity contribution in [2.24, 2.45) is 0 Å². The van der Waals surface area contributed by atoms with Gasteiger partial charge in [0.2, 0.25) is 5.95 Å². The van der Waals surface area contributed by atoms with Crippen LogP contribution in [-0.2, 0) is 6.54 Å². The summed E-state index contributed by atoms with van der Waals surface area (Å²) >= 11 is 0. The Balaban J connectivity index is 2.58. The Labute approximate surface area is 75.6 Å². The van der Waals surface area contributed by atoms with E-state index in [0.29, 0.717) is 5.95 Å². The molecule has 5 heteroatoms. The van der Waals surface area contributed by atoms with Crippen LogP contribution < -0.4 is 5.73 Å². The fraction of sp³-hybridized carbons (Fsp3) is 0.375. The highest BCUT2D eigenvalue weighted by Gasteiger charge is 2.03. The summed E-state index contributed by atoms with van der Waals surface area (Å²) in [7, 11) is 0. The van der Waals surface area contributed by atoms with Crippen LogP contribution in [-0.4, -0.2) is 19.5 Å². The van der Waals surface area contributed by atoms with Crippen LogP contribution in [0.15, 0.2) is 12.5 Å². The number of nitrogens with zero attached hydrogens (tertiary/aromatic N) is 4. The summed E-state index contributed by atoms with van der Waals surface area (Å²) in [6.07, 6.45) is 4.46. The van der Waals surface area contributed by atoms with Crippen molar-refractivity contribution in [2.45, 2.75) is 19.9 Å². The van der Waals surface area contributed by atoms with Crippen molar-refractivity contribution in [1.82, 2.24) is 19.5 Å². The van der Waals surface area contributed by atoms with Crippen LogP contribution in [0, 0.1) is 0 Å². The van der Waals surface area contributed by atoms with Gasteiger partial charge in [-0.3, -0.25) is 0 Å². The molecule has 2 aromatic heterocycles. The van der Waals surface area contributed by atoms with Crippen LogP contribution in [0.1, 0.15) is 13.3 Å². The van der Waals surface area contributed by atoms with Gasteiger partial charge < -0.3 is 10.3 Å². The largest absolute Gasteiger partial charge is 0.368 e. The van der Waals surface area contributed by atoms with E-state index in [9.17, 15) is 0 Å². The fourth-order valence-corrected chi connectivity index (χ4v) is 1.27. The molecule has 0 saturated carbocycles.